The van der Waals surface area contributed by atoms with E-state index in [4.69, 9.17) is 13.9 Å². The molecule has 0 aliphatic carbocycles. The van der Waals surface area contributed by atoms with Crippen LogP contribution in [0.4, 0.5) is 0 Å². The first-order valence-corrected chi connectivity index (χ1v) is 8.90. The highest BCUT2D eigenvalue weighted by Gasteiger charge is 2.20. The van der Waals surface area contributed by atoms with Crippen LogP contribution in [-0.4, -0.2) is 45.0 Å². The molecule has 22 heavy (non-hydrogen) atoms. The van der Waals surface area contributed by atoms with E-state index < -0.39 is 13.8 Å². The number of phosphoric ester groups is 1. The molecule has 130 valence electrons. The molecule has 0 radical (unpaired) electrons. The molecule has 0 saturated heterocycles. The van der Waals surface area contributed by atoms with Gasteiger partial charge in [-0.3, -0.25) is 4.57 Å². The van der Waals surface area contributed by atoms with E-state index in [9.17, 15) is 14.3 Å². The molecular formula is C14H28NO6P. The normalized spacial score (nSPS) is 14.4. The van der Waals surface area contributed by atoms with Crippen LogP contribution in [-0.2, 0) is 23.2 Å². The van der Waals surface area contributed by atoms with Crippen LogP contribution < -0.4 is 4.89 Å². The zero-order chi connectivity index (χ0) is 17.1. The van der Waals surface area contributed by atoms with Gasteiger partial charge >= 0.3 is 13.8 Å². The Labute approximate surface area is 133 Å². The SMILES string of the molecule is C=CC(=O)OCCCCCCCCOP(=O)([O-])O[N+](C)(C)C. The van der Waals surface area contributed by atoms with Gasteiger partial charge in [-0.1, -0.05) is 32.3 Å². The molecule has 0 aromatic heterocycles. The molecule has 1 atom stereocenters. The largest absolute Gasteiger partial charge is 0.752 e. The topological polar surface area (TPSA) is 84.9 Å². The highest BCUT2D eigenvalue weighted by molar-refractivity contribution is 7.45. The van der Waals surface area contributed by atoms with Gasteiger partial charge in [0.15, 0.2) is 0 Å². The Morgan fingerprint density at radius 2 is 1.59 bits per heavy atom. The molecule has 0 N–H and O–H groups in total. The smallest absolute Gasteiger partial charge is 0.330 e. The summed E-state index contributed by atoms with van der Waals surface area (Å²) in [6, 6.07) is 0. The fourth-order valence-corrected chi connectivity index (χ4v) is 2.64. The van der Waals surface area contributed by atoms with Gasteiger partial charge in [0.1, 0.15) is 0 Å². The van der Waals surface area contributed by atoms with Gasteiger partial charge in [-0.05, 0) is 12.8 Å². The predicted octanol–water partition coefficient (Wildman–Crippen LogP) is 2.18. The van der Waals surface area contributed by atoms with Crippen molar-refractivity contribution < 1.29 is 32.8 Å². The minimum atomic E-state index is -4.23. The molecule has 0 aromatic rings. The molecule has 0 aliphatic rings. The average molecular weight is 337 g/mol. The van der Waals surface area contributed by atoms with Crippen LogP contribution >= 0.6 is 7.82 Å². The number of hydroxylamine groups is 3. The van der Waals surface area contributed by atoms with Crippen molar-refractivity contribution in [3.63, 3.8) is 0 Å². The first kappa shape index (κ1) is 21.3. The van der Waals surface area contributed by atoms with Crippen LogP contribution in [0.25, 0.3) is 0 Å². The number of unbranched alkanes of at least 4 members (excludes halogenated alkanes) is 5. The van der Waals surface area contributed by atoms with E-state index in [1.807, 2.05) is 0 Å². The van der Waals surface area contributed by atoms with Gasteiger partial charge in [0.2, 0.25) is 0 Å². The van der Waals surface area contributed by atoms with Crippen molar-refractivity contribution in [2.45, 2.75) is 38.5 Å². The Morgan fingerprint density at radius 3 is 2.09 bits per heavy atom. The lowest BCUT2D eigenvalue weighted by molar-refractivity contribution is -1.04. The monoisotopic (exact) mass is 337 g/mol. The second-order valence-electron chi connectivity index (χ2n) is 5.74. The summed E-state index contributed by atoms with van der Waals surface area (Å²) in [6.07, 6.45) is 6.49. The molecule has 0 amide bonds. The molecular weight excluding hydrogens is 309 g/mol. The molecule has 1 unspecified atom stereocenters. The van der Waals surface area contributed by atoms with Gasteiger partial charge in [0.05, 0.1) is 34.4 Å². The Balaban J connectivity index is 3.45. The van der Waals surface area contributed by atoms with Crippen molar-refractivity contribution in [2.75, 3.05) is 34.4 Å². The lowest BCUT2D eigenvalue weighted by Gasteiger charge is -2.29. The van der Waals surface area contributed by atoms with Crippen LogP contribution in [0.3, 0.4) is 0 Å². The van der Waals surface area contributed by atoms with Crippen LogP contribution in [0, 0.1) is 0 Å². The van der Waals surface area contributed by atoms with E-state index in [2.05, 4.69) is 6.58 Å². The maximum Gasteiger partial charge on any atom is 0.330 e. The summed E-state index contributed by atoms with van der Waals surface area (Å²) in [5.41, 5.74) is 0. The van der Waals surface area contributed by atoms with Crippen molar-refractivity contribution in [3.8, 4) is 0 Å². The second-order valence-corrected chi connectivity index (χ2v) is 7.06. The van der Waals surface area contributed by atoms with E-state index in [1.165, 1.54) is 0 Å². The van der Waals surface area contributed by atoms with E-state index in [0.717, 1.165) is 38.2 Å². The van der Waals surface area contributed by atoms with Crippen molar-refractivity contribution in [2.24, 2.45) is 0 Å². The van der Waals surface area contributed by atoms with Crippen LogP contribution in [0.1, 0.15) is 38.5 Å². The molecule has 0 bridgehead atoms. The van der Waals surface area contributed by atoms with Crippen molar-refractivity contribution >= 4 is 13.8 Å². The molecule has 0 aromatic carbocycles. The highest BCUT2D eigenvalue weighted by atomic mass is 31.2. The number of carbonyl (C=O) groups is 1. The quantitative estimate of drug-likeness (QED) is 0.128. The molecule has 8 heteroatoms. The lowest BCUT2D eigenvalue weighted by atomic mass is 10.1. The first-order chi connectivity index (χ1) is 10.2. The summed E-state index contributed by atoms with van der Waals surface area (Å²) in [5.74, 6) is -0.393. The van der Waals surface area contributed by atoms with Gasteiger partial charge in [-0.2, -0.15) is 4.65 Å². The third kappa shape index (κ3) is 14.2. The minimum Gasteiger partial charge on any atom is -0.752 e. The molecule has 0 rings (SSSR count). The number of quaternary nitrogens is 1. The zero-order valence-corrected chi connectivity index (χ0v) is 14.7. The van der Waals surface area contributed by atoms with E-state index in [0.29, 0.717) is 13.0 Å². The Hall–Kier alpha value is -0.720. The van der Waals surface area contributed by atoms with Crippen LogP contribution in [0.2, 0.25) is 0 Å². The zero-order valence-electron chi connectivity index (χ0n) is 13.8. The number of carbonyl (C=O) groups excluding carboxylic acids is 1. The minimum absolute atomic E-state index is 0.137. The van der Waals surface area contributed by atoms with E-state index in [-0.39, 0.29) is 11.3 Å². The number of hydrogen-bond donors (Lipinski definition) is 0. The molecule has 0 fully saturated rings. The fraction of sp³-hybridized carbons (Fsp3) is 0.786. The fourth-order valence-electron chi connectivity index (χ4n) is 1.64. The maximum absolute atomic E-state index is 11.5. The van der Waals surface area contributed by atoms with Crippen LogP contribution in [0.15, 0.2) is 12.7 Å². The first-order valence-electron chi connectivity index (χ1n) is 7.44. The van der Waals surface area contributed by atoms with Gasteiger partial charge in [0.25, 0.3) is 0 Å². The summed E-state index contributed by atoms with van der Waals surface area (Å²) < 4.78 is 25.7. The maximum atomic E-state index is 11.5. The Kier molecular flexibility index (Phi) is 10.6. The van der Waals surface area contributed by atoms with Gasteiger partial charge in [-0.25, -0.2) is 4.79 Å². The Bertz CT molecular complexity index is 380. The number of esters is 1. The number of nitrogens with zero attached hydrogens (tertiary/aromatic N) is 1. The summed E-state index contributed by atoms with van der Waals surface area (Å²) >= 11 is 0. The van der Waals surface area contributed by atoms with E-state index >= 15 is 0 Å². The molecule has 7 nitrogen and oxygen atoms in total. The average Bonchev–Trinajstić information content (AvgIpc) is 2.37. The lowest BCUT2D eigenvalue weighted by Crippen LogP contribution is -2.35. The molecule has 0 saturated carbocycles. The van der Waals surface area contributed by atoms with Gasteiger partial charge in [-0.15, -0.1) is 4.62 Å². The molecule has 0 aliphatic heterocycles. The van der Waals surface area contributed by atoms with E-state index in [1.54, 1.807) is 21.1 Å². The molecule has 0 heterocycles. The third-order valence-electron chi connectivity index (χ3n) is 2.54. The number of phosphoric acid groups is 1. The van der Waals surface area contributed by atoms with Gasteiger partial charge in [0, 0.05) is 6.08 Å². The van der Waals surface area contributed by atoms with Crippen molar-refractivity contribution in [1.82, 2.24) is 0 Å². The highest BCUT2D eigenvalue weighted by Crippen LogP contribution is 2.40. The third-order valence-corrected chi connectivity index (χ3v) is 3.73. The summed E-state index contributed by atoms with van der Waals surface area (Å²) in [7, 11) is 0.561. The predicted molar refractivity (Wildman–Crippen MR) is 81.5 cm³/mol. The van der Waals surface area contributed by atoms with Crippen LogP contribution in [0.5, 0.6) is 0 Å². The number of ether oxygens (including phenoxy) is 1. The van der Waals surface area contributed by atoms with Crippen molar-refractivity contribution in [1.29, 1.82) is 0 Å². The number of rotatable bonds is 13. The standard InChI is InChI=1S/C14H28NO6P/c1-5-14(16)19-12-10-8-6-7-9-11-13-20-22(17,18)21-15(2,3)4/h5H,1,6-13H2,2-4H3. The summed E-state index contributed by atoms with van der Waals surface area (Å²) in [5, 5.41) is 0. The summed E-state index contributed by atoms with van der Waals surface area (Å²) in [4.78, 5) is 22.2. The van der Waals surface area contributed by atoms with Crippen molar-refractivity contribution in [3.05, 3.63) is 12.7 Å². The molecule has 0 spiro atoms. The second kappa shape index (κ2) is 10.9. The van der Waals surface area contributed by atoms with Gasteiger partial charge < -0.3 is 14.2 Å². The summed E-state index contributed by atoms with van der Waals surface area (Å²) in [6.45, 7) is 3.86. The number of hydrogen-bond acceptors (Lipinski definition) is 6. The Morgan fingerprint density at radius 1 is 1.09 bits per heavy atom.